The Morgan fingerprint density at radius 1 is 1.32 bits per heavy atom. The summed E-state index contributed by atoms with van der Waals surface area (Å²) in [6.07, 6.45) is 1.26. The quantitative estimate of drug-likeness (QED) is 0.914. The first-order valence-corrected chi connectivity index (χ1v) is 8.66. The second kappa shape index (κ2) is 7.30. The number of piperazine rings is 1. The van der Waals surface area contributed by atoms with E-state index < -0.39 is 0 Å². The van der Waals surface area contributed by atoms with Crippen molar-refractivity contribution in [2.75, 3.05) is 45.8 Å². The summed E-state index contributed by atoms with van der Waals surface area (Å²) >= 11 is 1.60. The molecule has 0 saturated carbocycles. The molecule has 3 heterocycles. The van der Waals surface area contributed by atoms with Gasteiger partial charge in [0.25, 0.3) is 5.91 Å². The number of nitrogens with zero attached hydrogens (tertiary/aromatic N) is 2. The topological polar surface area (TPSA) is 35.6 Å². The van der Waals surface area contributed by atoms with Crippen LogP contribution in [0.3, 0.4) is 0 Å². The summed E-state index contributed by atoms with van der Waals surface area (Å²) in [5.41, 5.74) is 0.414. The van der Waals surface area contributed by atoms with Gasteiger partial charge in [-0.3, -0.25) is 9.69 Å². The lowest BCUT2D eigenvalue weighted by Gasteiger charge is -2.38. The molecule has 1 N–H and O–H groups in total. The Hall–Kier alpha value is -0.620. The average molecular weight is 344 g/mol. The van der Waals surface area contributed by atoms with Crippen LogP contribution in [-0.2, 0) is 0 Å². The van der Waals surface area contributed by atoms with E-state index in [9.17, 15) is 4.79 Å². The largest absolute Gasteiger partial charge is 0.335 e. The van der Waals surface area contributed by atoms with Gasteiger partial charge in [-0.1, -0.05) is 6.92 Å². The molecule has 6 heteroatoms. The molecule has 1 atom stereocenters. The van der Waals surface area contributed by atoms with E-state index in [2.05, 4.69) is 24.1 Å². The highest BCUT2D eigenvalue weighted by Gasteiger charge is 2.32. The summed E-state index contributed by atoms with van der Waals surface area (Å²) in [7, 11) is 0. The Bertz CT molecular complexity index is 505. The number of amides is 1. The third-order valence-corrected chi connectivity index (χ3v) is 5.66. The first-order valence-electron chi connectivity index (χ1n) is 7.85. The predicted octanol–water partition coefficient (Wildman–Crippen LogP) is 2.24. The number of nitrogens with one attached hydrogen (secondary N) is 1. The molecule has 0 aliphatic carbocycles. The fourth-order valence-corrected chi connectivity index (χ4v) is 4.19. The maximum atomic E-state index is 12.4. The summed E-state index contributed by atoms with van der Waals surface area (Å²) in [5, 5.41) is 3.46. The van der Waals surface area contributed by atoms with Crippen LogP contribution in [0.5, 0.6) is 0 Å². The first-order chi connectivity index (χ1) is 10.1. The molecule has 3 rings (SSSR count). The smallest absolute Gasteiger partial charge is 0.264 e. The van der Waals surface area contributed by atoms with Gasteiger partial charge in [-0.05, 0) is 37.4 Å². The molecular weight excluding hydrogens is 318 g/mol. The van der Waals surface area contributed by atoms with Crippen LogP contribution in [0.2, 0.25) is 0 Å². The number of hydrogen-bond acceptors (Lipinski definition) is 4. The minimum absolute atomic E-state index is 0. The lowest BCUT2D eigenvalue weighted by Crippen LogP contribution is -2.51. The summed E-state index contributed by atoms with van der Waals surface area (Å²) in [4.78, 5) is 19.1. The summed E-state index contributed by atoms with van der Waals surface area (Å²) in [5.74, 6) is 0.210. The van der Waals surface area contributed by atoms with Gasteiger partial charge in [0.1, 0.15) is 0 Å². The van der Waals surface area contributed by atoms with Crippen LogP contribution in [-0.4, -0.2) is 61.5 Å². The predicted molar refractivity (Wildman–Crippen MR) is 94.2 cm³/mol. The van der Waals surface area contributed by atoms with Crippen LogP contribution in [0.1, 0.15) is 27.9 Å². The van der Waals surface area contributed by atoms with Gasteiger partial charge in [-0.15, -0.1) is 23.7 Å². The van der Waals surface area contributed by atoms with E-state index in [0.29, 0.717) is 5.41 Å². The molecule has 0 radical (unpaired) electrons. The summed E-state index contributed by atoms with van der Waals surface area (Å²) < 4.78 is 0. The van der Waals surface area contributed by atoms with E-state index >= 15 is 0 Å². The number of carbonyl (C=O) groups excluding carboxylic acids is 1. The van der Waals surface area contributed by atoms with Gasteiger partial charge >= 0.3 is 0 Å². The monoisotopic (exact) mass is 343 g/mol. The van der Waals surface area contributed by atoms with Crippen LogP contribution in [0, 0.1) is 12.3 Å². The zero-order valence-corrected chi connectivity index (χ0v) is 15.1. The lowest BCUT2D eigenvalue weighted by molar-refractivity contribution is 0.0586. The fraction of sp³-hybridized carbons (Fsp3) is 0.688. The molecule has 2 fully saturated rings. The highest BCUT2D eigenvalue weighted by Crippen LogP contribution is 2.26. The highest BCUT2D eigenvalue weighted by atomic mass is 35.5. The molecule has 2 aliphatic heterocycles. The van der Waals surface area contributed by atoms with Gasteiger partial charge in [0, 0.05) is 44.1 Å². The Kier molecular flexibility index (Phi) is 5.88. The number of aryl methyl sites for hydroxylation is 1. The van der Waals surface area contributed by atoms with Crippen molar-refractivity contribution in [3.8, 4) is 0 Å². The summed E-state index contributed by atoms with van der Waals surface area (Å²) in [6.45, 7) is 11.6. The van der Waals surface area contributed by atoms with Crippen molar-refractivity contribution in [2.24, 2.45) is 5.41 Å². The lowest BCUT2D eigenvalue weighted by atomic mass is 9.89. The average Bonchev–Trinajstić information content (AvgIpc) is 3.08. The normalized spacial score (nSPS) is 26.0. The van der Waals surface area contributed by atoms with E-state index in [1.807, 2.05) is 17.0 Å². The van der Waals surface area contributed by atoms with Gasteiger partial charge in [0.15, 0.2) is 0 Å². The molecule has 22 heavy (non-hydrogen) atoms. The second-order valence-electron chi connectivity index (χ2n) is 6.72. The third-order valence-electron chi connectivity index (χ3n) is 4.67. The Morgan fingerprint density at radius 2 is 2.05 bits per heavy atom. The minimum atomic E-state index is 0. The molecule has 1 amide bonds. The molecular formula is C16H26ClN3OS. The first kappa shape index (κ1) is 17.7. The van der Waals surface area contributed by atoms with E-state index in [0.717, 1.165) is 50.7 Å². The molecule has 124 valence electrons. The number of halogens is 1. The zero-order chi connectivity index (χ0) is 14.9. The van der Waals surface area contributed by atoms with Crippen molar-refractivity contribution in [3.63, 3.8) is 0 Å². The van der Waals surface area contributed by atoms with E-state index in [1.54, 1.807) is 11.3 Å². The van der Waals surface area contributed by atoms with Crippen LogP contribution in [0.25, 0.3) is 0 Å². The molecule has 0 spiro atoms. The van der Waals surface area contributed by atoms with Crippen LogP contribution >= 0.6 is 23.7 Å². The van der Waals surface area contributed by atoms with Gasteiger partial charge in [0.05, 0.1) is 4.88 Å². The maximum Gasteiger partial charge on any atom is 0.264 e. The maximum absolute atomic E-state index is 12.4. The van der Waals surface area contributed by atoms with Crippen molar-refractivity contribution < 1.29 is 4.79 Å². The van der Waals surface area contributed by atoms with Crippen LogP contribution in [0.4, 0.5) is 0 Å². The van der Waals surface area contributed by atoms with Crippen molar-refractivity contribution in [1.29, 1.82) is 0 Å². The molecule has 4 nitrogen and oxygen atoms in total. The fourth-order valence-electron chi connectivity index (χ4n) is 3.36. The van der Waals surface area contributed by atoms with Crippen LogP contribution < -0.4 is 5.32 Å². The van der Waals surface area contributed by atoms with Crippen LogP contribution in [0.15, 0.2) is 12.1 Å². The standard InChI is InChI=1S/C16H25N3OS.ClH/c1-13-3-4-14(21-13)15(20)19-9-7-18(8-10-19)12-16(2)5-6-17-11-16;/h3-4,17H,5-12H2,1-2H3;1H. The van der Waals surface area contributed by atoms with Crippen molar-refractivity contribution in [3.05, 3.63) is 21.9 Å². The van der Waals surface area contributed by atoms with Crippen molar-refractivity contribution in [1.82, 2.24) is 15.1 Å². The van der Waals surface area contributed by atoms with E-state index in [-0.39, 0.29) is 18.3 Å². The van der Waals surface area contributed by atoms with Gasteiger partial charge in [-0.2, -0.15) is 0 Å². The molecule has 1 aromatic rings. The molecule has 2 saturated heterocycles. The number of hydrogen-bond donors (Lipinski definition) is 1. The Morgan fingerprint density at radius 3 is 2.59 bits per heavy atom. The van der Waals surface area contributed by atoms with Crippen molar-refractivity contribution >= 4 is 29.7 Å². The number of carbonyl (C=O) groups is 1. The van der Waals surface area contributed by atoms with E-state index in [1.165, 1.54) is 11.3 Å². The summed E-state index contributed by atoms with van der Waals surface area (Å²) in [6, 6.07) is 3.99. The zero-order valence-electron chi connectivity index (χ0n) is 13.4. The third kappa shape index (κ3) is 4.02. The Balaban J connectivity index is 0.00000176. The number of thiophene rings is 1. The van der Waals surface area contributed by atoms with E-state index in [4.69, 9.17) is 0 Å². The Labute approximate surface area is 143 Å². The van der Waals surface area contributed by atoms with Crippen molar-refractivity contribution in [2.45, 2.75) is 20.3 Å². The highest BCUT2D eigenvalue weighted by molar-refractivity contribution is 7.13. The molecule has 1 aromatic heterocycles. The second-order valence-corrected chi connectivity index (χ2v) is 8.00. The van der Waals surface area contributed by atoms with Gasteiger partial charge in [0.2, 0.25) is 0 Å². The van der Waals surface area contributed by atoms with Gasteiger partial charge in [-0.25, -0.2) is 0 Å². The van der Waals surface area contributed by atoms with Gasteiger partial charge < -0.3 is 10.2 Å². The molecule has 0 aromatic carbocycles. The minimum Gasteiger partial charge on any atom is -0.335 e. The number of rotatable bonds is 3. The molecule has 2 aliphatic rings. The SMILES string of the molecule is Cc1ccc(C(=O)N2CCN(CC3(C)CCNC3)CC2)s1.Cl. The molecule has 1 unspecified atom stereocenters. The molecule has 0 bridgehead atoms.